The summed E-state index contributed by atoms with van der Waals surface area (Å²) in [5, 5.41) is 3.42. The summed E-state index contributed by atoms with van der Waals surface area (Å²) in [5.41, 5.74) is 0. The molecule has 0 spiro atoms. The second-order valence-corrected chi connectivity index (χ2v) is 5.76. The summed E-state index contributed by atoms with van der Waals surface area (Å²) in [6, 6.07) is 0.0191. The fourth-order valence-corrected chi connectivity index (χ4v) is 2.43. The lowest BCUT2D eigenvalue weighted by Crippen LogP contribution is -2.39. The van der Waals surface area contributed by atoms with Gasteiger partial charge in [0.25, 0.3) is 0 Å². The third-order valence-electron chi connectivity index (χ3n) is 3.63. The van der Waals surface area contributed by atoms with Crippen molar-refractivity contribution >= 4 is 5.91 Å². The molecular formula is C15H30N2O2. The Bertz CT molecular complexity index is 269. The molecule has 0 aromatic carbocycles. The number of carbonyl (C=O) groups excluding carboxylic acids is 1. The predicted molar refractivity (Wildman–Crippen MR) is 77.9 cm³/mol. The molecule has 4 heteroatoms. The molecule has 0 aromatic rings. The Morgan fingerprint density at radius 3 is 2.63 bits per heavy atom. The highest BCUT2D eigenvalue weighted by molar-refractivity contribution is 5.84. The predicted octanol–water partition coefficient (Wildman–Crippen LogP) is 2.39. The van der Waals surface area contributed by atoms with Crippen molar-refractivity contribution in [1.29, 1.82) is 0 Å². The van der Waals surface area contributed by atoms with Gasteiger partial charge in [-0.1, -0.05) is 34.1 Å². The fraction of sp³-hybridized carbons (Fsp3) is 0.933. The van der Waals surface area contributed by atoms with Gasteiger partial charge in [-0.25, -0.2) is 0 Å². The van der Waals surface area contributed by atoms with Gasteiger partial charge in [0.05, 0.1) is 18.8 Å². The molecule has 1 amide bonds. The Balaban J connectivity index is 2.32. The zero-order valence-electron chi connectivity index (χ0n) is 12.9. The number of amides is 1. The molecule has 1 fully saturated rings. The number of nitrogens with one attached hydrogen (secondary N) is 1. The van der Waals surface area contributed by atoms with Gasteiger partial charge in [0.2, 0.25) is 5.91 Å². The Morgan fingerprint density at radius 1 is 1.32 bits per heavy atom. The molecule has 0 aromatic heterocycles. The maximum atomic E-state index is 12.2. The number of ether oxygens (including phenoxy) is 1. The van der Waals surface area contributed by atoms with Crippen LogP contribution in [-0.2, 0) is 9.53 Å². The lowest BCUT2D eigenvalue weighted by atomic mass is 10.1. The molecule has 4 nitrogen and oxygen atoms in total. The van der Waals surface area contributed by atoms with Gasteiger partial charge in [-0.3, -0.25) is 10.1 Å². The van der Waals surface area contributed by atoms with Crippen LogP contribution in [0.25, 0.3) is 0 Å². The molecule has 0 aliphatic carbocycles. The van der Waals surface area contributed by atoms with Crippen LogP contribution in [0, 0.1) is 5.92 Å². The van der Waals surface area contributed by atoms with Crippen LogP contribution in [0.1, 0.15) is 53.4 Å². The molecule has 1 aliphatic rings. The monoisotopic (exact) mass is 270 g/mol. The van der Waals surface area contributed by atoms with Crippen molar-refractivity contribution in [2.45, 2.75) is 65.6 Å². The Labute approximate surface area is 117 Å². The van der Waals surface area contributed by atoms with Gasteiger partial charge in [0.1, 0.15) is 0 Å². The van der Waals surface area contributed by atoms with Crippen molar-refractivity contribution in [2.24, 2.45) is 5.92 Å². The van der Waals surface area contributed by atoms with E-state index in [4.69, 9.17) is 4.74 Å². The summed E-state index contributed by atoms with van der Waals surface area (Å²) in [5.74, 6) is 0.925. The minimum atomic E-state index is 0.0191. The number of nitrogens with zero attached hydrogens (tertiary/aromatic N) is 1. The van der Waals surface area contributed by atoms with E-state index in [9.17, 15) is 4.79 Å². The van der Waals surface area contributed by atoms with Gasteiger partial charge in [-0.2, -0.15) is 0 Å². The van der Waals surface area contributed by atoms with Gasteiger partial charge in [0, 0.05) is 13.2 Å². The molecule has 2 unspecified atom stereocenters. The molecule has 1 rings (SSSR count). The van der Waals surface area contributed by atoms with Gasteiger partial charge < -0.3 is 9.64 Å². The Kier molecular flexibility index (Phi) is 7.39. The van der Waals surface area contributed by atoms with Crippen LogP contribution in [-0.4, -0.2) is 42.8 Å². The SMILES string of the molecule is CCCC1NC(CC)N(CCOCCC(C)C)C1=O. The third-order valence-corrected chi connectivity index (χ3v) is 3.63. The van der Waals surface area contributed by atoms with Gasteiger partial charge in [0.15, 0.2) is 0 Å². The number of rotatable bonds is 9. The molecule has 1 heterocycles. The van der Waals surface area contributed by atoms with E-state index in [1.165, 1.54) is 0 Å². The van der Waals surface area contributed by atoms with Crippen LogP contribution in [0.4, 0.5) is 0 Å². The van der Waals surface area contributed by atoms with E-state index in [0.717, 1.165) is 32.3 Å². The molecular weight excluding hydrogens is 240 g/mol. The summed E-state index contributed by atoms with van der Waals surface area (Å²) >= 11 is 0. The second kappa shape index (κ2) is 8.54. The smallest absolute Gasteiger partial charge is 0.241 e. The first-order valence-electron chi connectivity index (χ1n) is 7.74. The van der Waals surface area contributed by atoms with Crippen LogP contribution in [0.15, 0.2) is 0 Å². The van der Waals surface area contributed by atoms with Crippen LogP contribution < -0.4 is 5.32 Å². The minimum absolute atomic E-state index is 0.0191. The van der Waals surface area contributed by atoms with E-state index >= 15 is 0 Å². The zero-order chi connectivity index (χ0) is 14.3. The molecule has 112 valence electrons. The topological polar surface area (TPSA) is 41.6 Å². The molecule has 0 bridgehead atoms. The maximum absolute atomic E-state index is 12.2. The van der Waals surface area contributed by atoms with Crippen LogP contribution in [0.2, 0.25) is 0 Å². The largest absolute Gasteiger partial charge is 0.380 e. The van der Waals surface area contributed by atoms with E-state index < -0.39 is 0 Å². The molecule has 1 N–H and O–H groups in total. The van der Waals surface area contributed by atoms with Crippen molar-refractivity contribution in [1.82, 2.24) is 10.2 Å². The molecule has 0 radical (unpaired) electrons. The average molecular weight is 270 g/mol. The number of hydrogen-bond acceptors (Lipinski definition) is 3. The molecule has 2 atom stereocenters. The fourth-order valence-electron chi connectivity index (χ4n) is 2.43. The molecule has 1 saturated heterocycles. The molecule has 19 heavy (non-hydrogen) atoms. The lowest BCUT2D eigenvalue weighted by Gasteiger charge is -2.23. The minimum Gasteiger partial charge on any atom is -0.380 e. The first kappa shape index (κ1) is 16.4. The van der Waals surface area contributed by atoms with Gasteiger partial charge in [-0.15, -0.1) is 0 Å². The van der Waals surface area contributed by atoms with E-state index in [0.29, 0.717) is 19.1 Å². The number of hydrogen-bond donors (Lipinski definition) is 1. The molecule has 0 saturated carbocycles. The normalized spacial score (nSPS) is 23.6. The quantitative estimate of drug-likeness (QED) is 0.654. The first-order chi connectivity index (χ1) is 9.10. The summed E-state index contributed by atoms with van der Waals surface area (Å²) in [4.78, 5) is 14.2. The van der Waals surface area contributed by atoms with Crippen LogP contribution >= 0.6 is 0 Å². The van der Waals surface area contributed by atoms with E-state index in [-0.39, 0.29) is 18.1 Å². The Hall–Kier alpha value is -0.610. The third kappa shape index (κ3) is 5.11. The van der Waals surface area contributed by atoms with Crippen molar-refractivity contribution in [3.05, 3.63) is 0 Å². The van der Waals surface area contributed by atoms with Crippen LogP contribution in [0.3, 0.4) is 0 Å². The summed E-state index contributed by atoms with van der Waals surface area (Å²) in [6.45, 7) is 10.8. The maximum Gasteiger partial charge on any atom is 0.241 e. The second-order valence-electron chi connectivity index (χ2n) is 5.76. The van der Waals surface area contributed by atoms with Gasteiger partial charge >= 0.3 is 0 Å². The van der Waals surface area contributed by atoms with Gasteiger partial charge in [-0.05, 0) is 25.2 Å². The summed E-state index contributed by atoms with van der Waals surface area (Å²) in [6.07, 6.45) is 4.20. The zero-order valence-corrected chi connectivity index (χ0v) is 12.9. The van der Waals surface area contributed by atoms with Crippen LogP contribution in [0.5, 0.6) is 0 Å². The van der Waals surface area contributed by atoms with Crippen molar-refractivity contribution < 1.29 is 9.53 Å². The van der Waals surface area contributed by atoms with E-state index in [1.54, 1.807) is 0 Å². The van der Waals surface area contributed by atoms with E-state index in [2.05, 4.69) is 33.0 Å². The summed E-state index contributed by atoms with van der Waals surface area (Å²) < 4.78 is 5.62. The first-order valence-corrected chi connectivity index (χ1v) is 7.74. The summed E-state index contributed by atoms with van der Waals surface area (Å²) in [7, 11) is 0. The van der Waals surface area contributed by atoms with Crippen molar-refractivity contribution in [3.8, 4) is 0 Å². The number of carbonyl (C=O) groups is 1. The van der Waals surface area contributed by atoms with Crippen molar-refractivity contribution in [3.63, 3.8) is 0 Å². The highest BCUT2D eigenvalue weighted by Gasteiger charge is 2.36. The standard InChI is InChI=1S/C15H30N2O2/c1-5-7-13-15(18)17(14(6-2)16-13)9-11-19-10-8-12(3)4/h12-14,16H,5-11H2,1-4H3. The highest BCUT2D eigenvalue weighted by atomic mass is 16.5. The highest BCUT2D eigenvalue weighted by Crippen LogP contribution is 2.16. The lowest BCUT2D eigenvalue weighted by molar-refractivity contribution is -0.130. The van der Waals surface area contributed by atoms with E-state index in [1.807, 2.05) is 4.90 Å². The average Bonchev–Trinajstić information content (AvgIpc) is 2.66. The molecule has 1 aliphatic heterocycles. The Morgan fingerprint density at radius 2 is 2.05 bits per heavy atom. The van der Waals surface area contributed by atoms with Crippen molar-refractivity contribution in [2.75, 3.05) is 19.8 Å².